The number of H-pyrrole nitrogens is 1. The van der Waals surface area contributed by atoms with Crippen LogP contribution in [0.5, 0.6) is 0 Å². The van der Waals surface area contributed by atoms with Crippen molar-refractivity contribution in [1.82, 2.24) is 24.0 Å². The quantitative estimate of drug-likeness (QED) is 0.519. The molecule has 0 atom stereocenters. The van der Waals surface area contributed by atoms with E-state index in [1.54, 1.807) is 4.57 Å². The van der Waals surface area contributed by atoms with E-state index in [2.05, 4.69) is 72.3 Å². The van der Waals surface area contributed by atoms with Crippen LogP contribution < -0.4 is 11.2 Å². The van der Waals surface area contributed by atoms with Crippen molar-refractivity contribution in [2.24, 2.45) is 5.92 Å². The van der Waals surface area contributed by atoms with Gasteiger partial charge in [-0.15, -0.1) is 0 Å². The molecule has 31 heavy (non-hydrogen) atoms. The maximum absolute atomic E-state index is 13.4. The zero-order valence-electron chi connectivity index (χ0n) is 19.1. The third kappa shape index (κ3) is 5.18. The van der Waals surface area contributed by atoms with E-state index in [0.717, 1.165) is 10.0 Å². The summed E-state index contributed by atoms with van der Waals surface area (Å²) in [6.45, 7) is 13.1. The molecular weight excluding hydrogens is 458 g/mol. The minimum atomic E-state index is -0.319. The highest BCUT2D eigenvalue weighted by atomic mass is 79.9. The molecule has 0 spiro atoms. The molecule has 0 radical (unpaired) electrons. The third-order valence-electron chi connectivity index (χ3n) is 5.37. The van der Waals surface area contributed by atoms with Crippen LogP contribution in [0.25, 0.3) is 11.2 Å². The number of halogens is 1. The van der Waals surface area contributed by atoms with Gasteiger partial charge < -0.3 is 4.98 Å². The predicted octanol–water partition coefficient (Wildman–Crippen LogP) is 3.97. The Labute approximate surface area is 191 Å². The Hall–Kier alpha value is -2.19. The zero-order chi connectivity index (χ0) is 22.9. The van der Waals surface area contributed by atoms with E-state index < -0.39 is 0 Å². The Morgan fingerprint density at radius 1 is 1.00 bits per heavy atom. The van der Waals surface area contributed by atoms with Gasteiger partial charge in [0.05, 0.1) is 6.67 Å². The molecule has 0 saturated heterocycles. The van der Waals surface area contributed by atoms with E-state index in [0.29, 0.717) is 30.0 Å². The van der Waals surface area contributed by atoms with Crippen LogP contribution in [0.3, 0.4) is 0 Å². The van der Waals surface area contributed by atoms with Gasteiger partial charge in [-0.1, -0.05) is 41.9 Å². The number of hydrogen-bond acceptors (Lipinski definition) is 4. The highest BCUT2D eigenvalue weighted by Gasteiger charge is 2.21. The van der Waals surface area contributed by atoms with E-state index in [-0.39, 0.29) is 35.9 Å². The SMILES string of the molecule is CC(C)Cn1c(=O)n(CN(C(C)C)C(C)C)c(=O)c2[nH]c(Cc3ccc(Br)cc3)nc21. The fourth-order valence-corrected chi connectivity index (χ4v) is 4.10. The molecule has 0 saturated carbocycles. The summed E-state index contributed by atoms with van der Waals surface area (Å²) in [4.78, 5) is 36.7. The average molecular weight is 490 g/mol. The summed E-state index contributed by atoms with van der Waals surface area (Å²) in [7, 11) is 0. The van der Waals surface area contributed by atoms with Crippen LogP contribution in [0.4, 0.5) is 0 Å². The van der Waals surface area contributed by atoms with Crippen LogP contribution in [-0.2, 0) is 19.6 Å². The van der Waals surface area contributed by atoms with E-state index in [1.807, 2.05) is 24.3 Å². The molecule has 1 N–H and O–H groups in total. The van der Waals surface area contributed by atoms with Crippen molar-refractivity contribution in [3.05, 3.63) is 61.0 Å². The lowest BCUT2D eigenvalue weighted by Gasteiger charge is -2.30. The van der Waals surface area contributed by atoms with Gasteiger partial charge in [-0.2, -0.15) is 0 Å². The van der Waals surface area contributed by atoms with E-state index in [9.17, 15) is 9.59 Å². The second kappa shape index (κ2) is 9.53. The van der Waals surface area contributed by atoms with E-state index in [1.165, 1.54) is 4.57 Å². The Balaban J connectivity index is 2.14. The molecule has 0 aliphatic heterocycles. The highest BCUT2D eigenvalue weighted by molar-refractivity contribution is 9.10. The molecule has 1 aromatic carbocycles. The Morgan fingerprint density at radius 2 is 1.61 bits per heavy atom. The van der Waals surface area contributed by atoms with Gasteiger partial charge in [-0.25, -0.2) is 14.3 Å². The predicted molar refractivity (Wildman–Crippen MR) is 129 cm³/mol. The molecule has 3 aromatic rings. The largest absolute Gasteiger partial charge is 0.336 e. The first-order valence-corrected chi connectivity index (χ1v) is 11.6. The van der Waals surface area contributed by atoms with Crippen molar-refractivity contribution >= 4 is 27.1 Å². The number of benzene rings is 1. The summed E-state index contributed by atoms with van der Waals surface area (Å²) in [5, 5.41) is 0. The van der Waals surface area contributed by atoms with Gasteiger partial charge in [-0.3, -0.25) is 14.3 Å². The maximum Gasteiger partial charge on any atom is 0.333 e. The zero-order valence-corrected chi connectivity index (χ0v) is 20.7. The Kier molecular flexibility index (Phi) is 7.21. The molecular formula is C23H32BrN5O2. The lowest BCUT2D eigenvalue weighted by Crippen LogP contribution is -2.48. The van der Waals surface area contributed by atoms with Crippen LogP contribution >= 0.6 is 15.9 Å². The summed E-state index contributed by atoms with van der Waals surface area (Å²) in [6, 6.07) is 8.39. The topological polar surface area (TPSA) is 75.9 Å². The smallest absolute Gasteiger partial charge is 0.333 e. The Morgan fingerprint density at radius 3 is 2.16 bits per heavy atom. The minimum absolute atomic E-state index is 0.204. The number of fused-ring (bicyclic) bond motifs is 1. The molecule has 7 nitrogen and oxygen atoms in total. The van der Waals surface area contributed by atoms with E-state index >= 15 is 0 Å². The number of hydrogen-bond donors (Lipinski definition) is 1. The van der Waals surface area contributed by atoms with Crippen LogP contribution in [0, 0.1) is 5.92 Å². The number of rotatable bonds is 8. The molecule has 0 amide bonds. The van der Waals surface area contributed by atoms with Crippen molar-refractivity contribution in [3.8, 4) is 0 Å². The number of aromatic nitrogens is 4. The van der Waals surface area contributed by atoms with Gasteiger partial charge >= 0.3 is 5.69 Å². The highest BCUT2D eigenvalue weighted by Crippen LogP contribution is 2.15. The van der Waals surface area contributed by atoms with Gasteiger partial charge in [0, 0.05) is 29.5 Å². The number of nitrogens with zero attached hydrogens (tertiary/aromatic N) is 4. The van der Waals surface area contributed by atoms with Gasteiger partial charge in [-0.05, 0) is 51.3 Å². The maximum atomic E-state index is 13.4. The number of aromatic amines is 1. The lowest BCUT2D eigenvalue weighted by molar-refractivity contribution is 0.125. The molecule has 0 aliphatic carbocycles. The first-order valence-electron chi connectivity index (χ1n) is 10.8. The standard InChI is InChI=1S/C23H32BrN5O2/c1-14(2)12-27-21-20(25-19(26-21)11-17-7-9-18(24)10-8-17)22(30)29(23(27)31)13-28(15(3)4)16(5)6/h7-10,14-16H,11-13H2,1-6H3,(H,25,26). The van der Waals surface area contributed by atoms with Gasteiger partial charge in [0.2, 0.25) is 0 Å². The molecule has 0 unspecified atom stereocenters. The molecule has 0 fully saturated rings. The summed E-state index contributed by atoms with van der Waals surface area (Å²) >= 11 is 3.45. The van der Waals surface area contributed by atoms with Gasteiger partial charge in [0.1, 0.15) is 11.3 Å². The Bertz CT molecular complexity index is 1150. The van der Waals surface area contributed by atoms with Gasteiger partial charge in [0.15, 0.2) is 5.65 Å². The molecule has 0 bridgehead atoms. The van der Waals surface area contributed by atoms with Crippen molar-refractivity contribution in [1.29, 1.82) is 0 Å². The summed E-state index contributed by atoms with van der Waals surface area (Å²) in [6.07, 6.45) is 0.557. The first kappa shape index (κ1) is 23.5. The fourth-order valence-electron chi connectivity index (χ4n) is 3.83. The summed E-state index contributed by atoms with van der Waals surface area (Å²) < 4.78 is 3.99. The fraction of sp³-hybridized carbons (Fsp3) is 0.522. The van der Waals surface area contributed by atoms with Crippen molar-refractivity contribution in [2.75, 3.05) is 0 Å². The molecule has 2 aromatic heterocycles. The first-order chi connectivity index (χ1) is 14.6. The number of imidazole rings is 1. The summed E-state index contributed by atoms with van der Waals surface area (Å²) in [5.74, 6) is 0.915. The molecule has 8 heteroatoms. The number of nitrogens with one attached hydrogen (secondary N) is 1. The monoisotopic (exact) mass is 489 g/mol. The van der Waals surface area contributed by atoms with Gasteiger partial charge in [0.25, 0.3) is 5.56 Å². The minimum Gasteiger partial charge on any atom is -0.336 e. The molecule has 2 heterocycles. The second-order valence-corrected chi connectivity index (χ2v) is 9.96. The average Bonchev–Trinajstić information content (AvgIpc) is 3.10. The van der Waals surface area contributed by atoms with Crippen LogP contribution in [-0.4, -0.2) is 36.1 Å². The van der Waals surface area contributed by atoms with E-state index in [4.69, 9.17) is 0 Å². The van der Waals surface area contributed by atoms with Crippen LogP contribution in [0.15, 0.2) is 38.3 Å². The molecule has 168 valence electrons. The van der Waals surface area contributed by atoms with Crippen LogP contribution in [0.2, 0.25) is 0 Å². The summed E-state index contributed by atoms with van der Waals surface area (Å²) in [5.41, 5.74) is 1.28. The van der Waals surface area contributed by atoms with Crippen LogP contribution in [0.1, 0.15) is 52.9 Å². The normalized spacial score (nSPS) is 12.2. The molecule has 3 rings (SSSR count). The molecule has 0 aliphatic rings. The third-order valence-corrected chi connectivity index (χ3v) is 5.90. The van der Waals surface area contributed by atoms with Crippen molar-refractivity contribution in [2.45, 2.75) is 73.3 Å². The van der Waals surface area contributed by atoms with Crippen molar-refractivity contribution < 1.29 is 0 Å². The van der Waals surface area contributed by atoms with Crippen molar-refractivity contribution in [3.63, 3.8) is 0 Å². The second-order valence-electron chi connectivity index (χ2n) is 9.05. The lowest BCUT2D eigenvalue weighted by atomic mass is 10.1.